The number of rotatable bonds is 3. The molecule has 0 aromatic carbocycles. The van der Waals surface area contributed by atoms with Crippen molar-refractivity contribution in [3.05, 3.63) is 17.6 Å². The molecule has 0 unspecified atom stereocenters. The largest absolute Gasteiger partial charge is 0.476 e. The summed E-state index contributed by atoms with van der Waals surface area (Å²) < 4.78 is 0. The van der Waals surface area contributed by atoms with Crippen LogP contribution >= 0.6 is 0 Å². The summed E-state index contributed by atoms with van der Waals surface area (Å²) in [6, 6.07) is 0. The van der Waals surface area contributed by atoms with E-state index in [-0.39, 0.29) is 12.3 Å². The van der Waals surface area contributed by atoms with Crippen molar-refractivity contribution in [2.24, 2.45) is 5.92 Å². The molecule has 1 saturated heterocycles. The van der Waals surface area contributed by atoms with Crippen LogP contribution in [-0.2, 0) is 0 Å². The molecule has 2 N–H and O–H groups in total. The molecule has 0 saturated carbocycles. The van der Waals surface area contributed by atoms with Gasteiger partial charge in [-0.25, -0.2) is 14.8 Å². The first-order valence-electron chi connectivity index (χ1n) is 6.04. The van der Waals surface area contributed by atoms with Gasteiger partial charge in [-0.15, -0.1) is 0 Å². The van der Waals surface area contributed by atoms with E-state index in [1.165, 1.54) is 6.33 Å². The fourth-order valence-corrected chi connectivity index (χ4v) is 2.30. The van der Waals surface area contributed by atoms with Gasteiger partial charge in [0.05, 0.1) is 0 Å². The summed E-state index contributed by atoms with van der Waals surface area (Å²) in [6.45, 7) is 3.54. The molecule has 0 spiro atoms. The summed E-state index contributed by atoms with van der Waals surface area (Å²) in [5.41, 5.74) is 0.664. The predicted molar refractivity (Wildman–Crippen MR) is 65.8 cm³/mol. The van der Waals surface area contributed by atoms with Crippen molar-refractivity contribution in [1.29, 1.82) is 0 Å². The highest BCUT2D eigenvalue weighted by Crippen LogP contribution is 2.24. The molecule has 1 fully saturated rings. The lowest BCUT2D eigenvalue weighted by Gasteiger charge is -2.32. The molecule has 1 aromatic rings. The van der Waals surface area contributed by atoms with Crippen molar-refractivity contribution in [1.82, 2.24) is 9.97 Å². The quantitative estimate of drug-likeness (QED) is 0.822. The molecule has 18 heavy (non-hydrogen) atoms. The molecule has 98 valence electrons. The van der Waals surface area contributed by atoms with E-state index in [4.69, 9.17) is 10.2 Å². The number of aromatic carboxylic acids is 1. The molecule has 0 aliphatic carbocycles. The Balaban J connectivity index is 2.19. The van der Waals surface area contributed by atoms with Gasteiger partial charge in [-0.05, 0) is 25.7 Å². The molecular formula is C12H17N3O3. The second kappa shape index (κ2) is 5.30. The number of hydrogen-bond donors (Lipinski definition) is 2. The lowest BCUT2D eigenvalue weighted by Crippen LogP contribution is -2.36. The van der Waals surface area contributed by atoms with E-state index in [1.807, 2.05) is 0 Å². The highest BCUT2D eigenvalue weighted by Gasteiger charge is 2.22. The highest BCUT2D eigenvalue weighted by molar-refractivity contribution is 5.88. The third-order valence-corrected chi connectivity index (χ3v) is 3.43. The molecule has 2 heterocycles. The standard InChI is InChI=1S/C12H17N3O3/c1-8-10(12(17)18)13-7-14-11(8)15-4-2-9(6-16)3-5-15/h7,9,16H,2-6H2,1H3,(H,17,18). The van der Waals surface area contributed by atoms with Crippen LogP contribution in [0.15, 0.2) is 6.33 Å². The molecule has 0 amide bonds. The molecule has 1 aliphatic rings. The van der Waals surface area contributed by atoms with Crippen molar-refractivity contribution in [2.45, 2.75) is 19.8 Å². The number of carbonyl (C=O) groups is 1. The highest BCUT2D eigenvalue weighted by atomic mass is 16.4. The zero-order chi connectivity index (χ0) is 13.1. The SMILES string of the molecule is Cc1c(C(=O)O)ncnc1N1CCC(CO)CC1. The van der Waals surface area contributed by atoms with Crippen LogP contribution in [0.25, 0.3) is 0 Å². The minimum atomic E-state index is -1.03. The Labute approximate surface area is 105 Å². The normalized spacial score (nSPS) is 16.9. The van der Waals surface area contributed by atoms with Gasteiger partial charge in [0.15, 0.2) is 5.69 Å². The fraction of sp³-hybridized carbons (Fsp3) is 0.583. The molecule has 0 radical (unpaired) electrons. The Bertz CT molecular complexity index is 442. The van der Waals surface area contributed by atoms with Gasteiger partial charge in [0.1, 0.15) is 12.1 Å². The topological polar surface area (TPSA) is 86.5 Å². The van der Waals surface area contributed by atoms with Crippen molar-refractivity contribution in [2.75, 3.05) is 24.6 Å². The van der Waals surface area contributed by atoms with Gasteiger partial charge in [-0.2, -0.15) is 0 Å². The Morgan fingerprint density at radius 2 is 2.11 bits per heavy atom. The van der Waals surface area contributed by atoms with Crippen molar-refractivity contribution >= 4 is 11.8 Å². The van der Waals surface area contributed by atoms with Crippen LogP contribution in [0, 0.1) is 12.8 Å². The average Bonchev–Trinajstić information content (AvgIpc) is 2.39. The van der Waals surface area contributed by atoms with E-state index in [0.717, 1.165) is 25.9 Å². The number of aromatic nitrogens is 2. The number of carboxylic acid groups (broad SMARTS) is 1. The number of aliphatic hydroxyl groups excluding tert-OH is 1. The van der Waals surface area contributed by atoms with Gasteiger partial charge >= 0.3 is 5.97 Å². The van der Waals surface area contributed by atoms with Crippen LogP contribution in [0.5, 0.6) is 0 Å². The minimum Gasteiger partial charge on any atom is -0.476 e. The Kier molecular flexibility index (Phi) is 3.76. The number of hydrogen-bond acceptors (Lipinski definition) is 5. The van der Waals surface area contributed by atoms with E-state index >= 15 is 0 Å². The van der Waals surface area contributed by atoms with Gasteiger partial charge in [0.2, 0.25) is 0 Å². The second-order valence-corrected chi connectivity index (χ2v) is 4.59. The number of nitrogens with zero attached hydrogens (tertiary/aromatic N) is 3. The third-order valence-electron chi connectivity index (χ3n) is 3.43. The van der Waals surface area contributed by atoms with Crippen LogP contribution in [0.4, 0.5) is 5.82 Å². The first-order valence-corrected chi connectivity index (χ1v) is 6.04. The summed E-state index contributed by atoms with van der Waals surface area (Å²) in [6.07, 6.45) is 3.11. The Morgan fingerprint density at radius 1 is 1.44 bits per heavy atom. The maximum absolute atomic E-state index is 11.0. The summed E-state index contributed by atoms with van der Waals surface area (Å²) in [7, 11) is 0. The molecule has 0 bridgehead atoms. The minimum absolute atomic E-state index is 0.0595. The van der Waals surface area contributed by atoms with Gasteiger partial charge in [0, 0.05) is 25.3 Å². The monoisotopic (exact) mass is 251 g/mol. The molecular weight excluding hydrogens is 234 g/mol. The van der Waals surface area contributed by atoms with Gasteiger partial charge in [-0.3, -0.25) is 0 Å². The van der Waals surface area contributed by atoms with Crippen LogP contribution < -0.4 is 4.90 Å². The van der Waals surface area contributed by atoms with Gasteiger partial charge < -0.3 is 15.1 Å². The molecule has 1 aliphatic heterocycles. The second-order valence-electron chi connectivity index (χ2n) is 4.59. The zero-order valence-electron chi connectivity index (χ0n) is 10.3. The zero-order valence-corrected chi connectivity index (χ0v) is 10.3. The van der Waals surface area contributed by atoms with E-state index < -0.39 is 5.97 Å². The Morgan fingerprint density at radius 3 is 2.67 bits per heavy atom. The van der Waals surface area contributed by atoms with Crippen LogP contribution in [-0.4, -0.2) is 45.8 Å². The Hall–Kier alpha value is -1.69. The maximum Gasteiger partial charge on any atom is 0.354 e. The predicted octanol–water partition coefficient (Wildman–Crippen LogP) is 0.692. The summed E-state index contributed by atoms with van der Waals surface area (Å²) in [5.74, 6) is 0.0162. The third kappa shape index (κ3) is 2.43. The van der Waals surface area contributed by atoms with E-state index in [2.05, 4.69) is 14.9 Å². The lowest BCUT2D eigenvalue weighted by atomic mass is 9.97. The smallest absolute Gasteiger partial charge is 0.354 e. The number of carboxylic acids is 1. The van der Waals surface area contributed by atoms with Crippen LogP contribution in [0.2, 0.25) is 0 Å². The summed E-state index contributed by atoms with van der Waals surface area (Å²) >= 11 is 0. The van der Waals surface area contributed by atoms with Gasteiger partial charge in [0.25, 0.3) is 0 Å². The van der Waals surface area contributed by atoms with Crippen LogP contribution in [0.3, 0.4) is 0 Å². The first kappa shape index (κ1) is 12.8. The number of aliphatic hydroxyl groups is 1. The van der Waals surface area contributed by atoms with Crippen molar-refractivity contribution in [3.63, 3.8) is 0 Å². The van der Waals surface area contributed by atoms with E-state index in [0.29, 0.717) is 17.3 Å². The average molecular weight is 251 g/mol. The van der Waals surface area contributed by atoms with E-state index in [1.54, 1.807) is 6.92 Å². The maximum atomic E-state index is 11.0. The molecule has 0 atom stereocenters. The van der Waals surface area contributed by atoms with Crippen molar-refractivity contribution in [3.8, 4) is 0 Å². The first-order chi connectivity index (χ1) is 8.63. The van der Waals surface area contributed by atoms with Crippen LogP contribution in [0.1, 0.15) is 28.9 Å². The fourth-order valence-electron chi connectivity index (χ4n) is 2.30. The van der Waals surface area contributed by atoms with Gasteiger partial charge in [-0.1, -0.05) is 0 Å². The summed E-state index contributed by atoms with van der Waals surface area (Å²) in [5, 5.41) is 18.1. The summed E-state index contributed by atoms with van der Waals surface area (Å²) in [4.78, 5) is 21.1. The molecule has 1 aromatic heterocycles. The molecule has 2 rings (SSSR count). The lowest BCUT2D eigenvalue weighted by molar-refractivity contribution is 0.0689. The van der Waals surface area contributed by atoms with Crippen molar-refractivity contribution < 1.29 is 15.0 Å². The number of piperidine rings is 1. The number of anilines is 1. The molecule has 6 heteroatoms. The molecule has 6 nitrogen and oxygen atoms in total. The van der Waals surface area contributed by atoms with E-state index in [9.17, 15) is 4.79 Å².